The summed E-state index contributed by atoms with van der Waals surface area (Å²) in [4.78, 5) is 21.7. The van der Waals surface area contributed by atoms with Gasteiger partial charge in [0.1, 0.15) is 17.1 Å². The maximum absolute atomic E-state index is 13.4. The number of H-pyrrole nitrogens is 1. The molecule has 0 bridgehead atoms. The first-order valence-electron chi connectivity index (χ1n) is 12.5. The van der Waals surface area contributed by atoms with Crippen molar-refractivity contribution in [1.82, 2.24) is 29.0 Å². The molecule has 10 nitrogen and oxygen atoms in total. The molecule has 1 aromatic carbocycles. The van der Waals surface area contributed by atoms with Crippen molar-refractivity contribution in [2.75, 3.05) is 39.8 Å². The summed E-state index contributed by atoms with van der Waals surface area (Å²) in [6.45, 7) is 2.20. The lowest BCUT2D eigenvalue weighted by atomic mass is 10.1. The molecule has 178 valence electrons. The number of aromatic nitrogens is 4. The van der Waals surface area contributed by atoms with E-state index < -0.39 is 17.0 Å². The molecule has 0 spiro atoms. The molecule has 3 aromatic rings. The highest BCUT2D eigenvalue weighted by Crippen LogP contribution is 2.32. The molecular formula is C22H30N6O4S. The third-order valence-corrected chi connectivity index (χ3v) is 7.53. The zero-order valence-electron chi connectivity index (χ0n) is 22.0. The fraction of sp³-hybridized carbons (Fsp3) is 0.500. The van der Waals surface area contributed by atoms with Crippen molar-refractivity contribution in [2.24, 2.45) is 7.05 Å². The lowest BCUT2D eigenvalue weighted by molar-refractivity contribution is 0.222. The van der Waals surface area contributed by atoms with Crippen LogP contribution in [0.1, 0.15) is 30.1 Å². The summed E-state index contributed by atoms with van der Waals surface area (Å²) in [6.07, 6.45) is 1.46. The maximum Gasteiger partial charge on any atom is 0.277 e. The third kappa shape index (κ3) is 4.40. The number of hydrogen-bond donors (Lipinski definition) is 1. The first kappa shape index (κ1) is 19.7. The number of piperazine rings is 1. The van der Waals surface area contributed by atoms with Crippen LogP contribution in [0.3, 0.4) is 0 Å². The summed E-state index contributed by atoms with van der Waals surface area (Å²) in [5, 5.41) is 4.43. The number of likely N-dealkylation sites (N-methyl/N-ethyl adjacent to an activating group) is 1. The third-order valence-electron chi connectivity index (χ3n) is 5.63. The van der Waals surface area contributed by atoms with Crippen molar-refractivity contribution in [3.05, 3.63) is 34.2 Å². The minimum absolute atomic E-state index is 0.00556. The highest BCUT2D eigenvalue weighted by Gasteiger charge is 2.29. The Morgan fingerprint density at radius 2 is 1.97 bits per heavy atom. The molecule has 1 saturated heterocycles. The predicted octanol–water partition coefficient (Wildman–Crippen LogP) is 1.61. The average molecular weight is 479 g/mol. The van der Waals surface area contributed by atoms with E-state index in [9.17, 15) is 13.2 Å². The topological polar surface area (TPSA) is 113 Å². The summed E-state index contributed by atoms with van der Waals surface area (Å²) in [7, 11) is -2.24. The monoisotopic (exact) mass is 478 g/mol. The van der Waals surface area contributed by atoms with E-state index in [1.807, 2.05) is 6.92 Å². The molecule has 33 heavy (non-hydrogen) atoms. The molecule has 4 rings (SSSR count). The smallest absolute Gasteiger partial charge is 0.277 e. The molecule has 11 heteroatoms. The Bertz CT molecular complexity index is 1430. The Kier molecular flexibility index (Phi) is 5.51. The van der Waals surface area contributed by atoms with Gasteiger partial charge in [0.05, 0.1) is 22.8 Å². The van der Waals surface area contributed by atoms with Crippen molar-refractivity contribution in [3.63, 3.8) is 0 Å². The van der Waals surface area contributed by atoms with Crippen LogP contribution in [-0.4, -0.2) is 77.1 Å². The SMILES string of the molecule is [2H][13C]([2H])([2H])N1CCN(S(=O)(=O)c2ccc(OCC)c(-c3nc4c(CCC)nn(C)c4c(=O)[nH]3)c2)CC1. The van der Waals surface area contributed by atoms with Gasteiger partial charge < -0.3 is 14.6 Å². The number of nitrogens with one attached hydrogen (secondary N) is 1. The zero-order valence-corrected chi connectivity index (χ0v) is 19.8. The van der Waals surface area contributed by atoms with Gasteiger partial charge in [-0.2, -0.15) is 9.40 Å². The summed E-state index contributed by atoms with van der Waals surface area (Å²) < 4.78 is 58.0. The maximum atomic E-state index is 13.4. The quantitative estimate of drug-likeness (QED) is 0.513. The molecule has 0 aliphatic carbocycles. The Hall–Kier alpha value is -2.76. The van der Waals surface area contributed by atoms with E-state index in [1.165, 1.54) is 26.0 Å². The first-order valence-corrected chi connectivity index (χ1v) is 12.4. The van der Waals surface area contributed by atoms with Crippen LogP contribution in [0.15, 0.2) is 27.9 Å². The van der Waals surface area contributed by atoms with Crippen molar-refractivity contribution in [1.29, 1.82) is 0 Å². The molecule has 1 aliphatic rings. The average Bonchev–Trinajstić information content (AvgIpc) is 3.14. The number of sulfonamides is 1. The number of aryl methyl sites for hydroxylation is 2. The minimum atomic E-state index is -3.93. The van der Waals surface area contributed by atoms with Crippen LogP contribution < -0.4 is 10.3 Å². The number of ether oxygens (including phenoxy) is 1. The van der Waals surface area contributed by atoms with Crippen LogP contribution in [0.5, 0.6) is 5.75 Å². The molecule has 0 atom stereocenters. The number of rotatable bonds is 7. The fourth-order valence-electron chi connectivity index (χ4n) is 3.99. The molecule has 0 amide bonds. The van der Waals surface area contributed by atoms with E-state index in [0.29, 0.717) is 41.1 Å². The van der Waals surface area contributed by atoms with Crippen LogP contribution in [0.2, 0.25) is 0 Å². The highest BCUT2D eigenvalue weighted by molar-refractivity contribution is 7.89. The van der Waals surface area contributed by atoms with Crippen molar-refractivity contribution < 1.29 is 17.3 Å². The Labute approximate surface area is 197 Å². The van der Waals surface area contributed by atoms with Gasteiger partial charge in [-0.1, -0.05) is 13.3 Å². The number of nitrogens with zero attached hydrogens (tertiary/aromatic N) is 5. The number of fused-ring (bicyclic) bond motifs is 1. The molecule has 1 N–H and O–H groups in total. The number of aromatic amines is 1. The van der Waals surface area contributed by atoms with Crippen LogP contribution in [0, 0.1) is 0 Å². The van der Waals surface area contributed by atoms with E-state index in [-0.39, 0.29) is 42.5 Å². The predicted molar refractivity (Wildman–Crippen MR) is 126 cm³/mol. The van der Waals surface area contributed by atoms with Gasteiger partial charge in [-0.25, -0.2) is 13.4 Å². The number of hydrogen-bond acceptors (Lipinski definition) is 7. The number of benzene rings is 1. The van der Waals surface area contributed by atoms with Crippen LogP contribution >= 0.6 is 0 Å². The van der Waals surface area contributed by atoms with Gasteiger partial charge in [0, 0.05) is 37.3 Å². The summed E-state index contributed by atoms with van der Waals surface area (Å²) in [5.41, 5.74) is 1.45. The zero-order chi connectivity index (χ0) is 26.3. The summed E-state index contributed by atoms with van der Waals surface area (Å²) in [5.74, 6) is 0.567. The Morgan fingerprint density at radius 1 is 1.21 bits per heavy atom. The molecule has 2 aromatic heterocycles. The molecule has 1 aliphatic heterocycles. The fourth-order valence-corrected chi connectivity index (χ4v) is 5.44. The van der Waals surface area contributed by atoms with Gasteiger partial charge in [-0.15, -0.1) is 0 Å². The Morgan fingerprint density at radius 3 is 2.64 bits per heavy atom. The molecule has 0 radical (unpaired) electrons. The summed E-state index contributed by atoms with van der Waals surface area (Å²) >= 11 is 0. The second kappa shape index (κ2) is 9.24. The summed E-state index contributed by atoms with van der Waals surface area (Å²) in [6, 6.07) is 4.43. The van der Waals surface area contributed by atoms with Gasteiger partial charge in [-0.05, 0) is 38.5 Å². The standard InChI is InChI=1S/C22H30N6O4S/c1-5-7-17-19-20(27(4)25-17)22(29)24-21(23-19)16-14-15(8-9-18(16)32-6-2)33(30,31)28-12-10-26(3)11-13-28/h8-9,14H,5-7,10-13H2,1-4H3,(H,23,24,29)/i3+1D3. The molecule has 1 fully saturated rings. The second-order valence-electron chi connectivity index (χ2n) is 7.91. The van der Waals surface area contributed by atoms with Gasteiger partial charge in [0.15, 0.2) is 5.52 Å². The molecule has 0 saturated carbocycles. The van der Waals surface area contributed by atoms with E-state index in [2.05, 4.69) is 15.1 Å². The van der Waals surface area contributed by atoms with Gasteiger partial charge in [-0.3, -0.25) is 9.48 Å². The lowest BCUT2D eigenvalue weighted by Crippen LogP contribution is -2.47. The van der Waals surface area contributed by atoms with Crippen LogP contribution in [0.25, 0.3) is 22.4 Å². The Balaban J connectivity index is 1.77. The highest BCUT2D eigenvalue weighted by atomic mass is 32.2. The van der Waals surface area contributed by atoms with Crippen LogP contribution in [-0.2, 0) is 23.5 Å². The molecule has 0 unspecified atom stereocenters. The van der Waals surface area contributed by atoms with E-state index in [4.69, 9.17) is 8.85 Å². The normalized spacial score (nSPS) is 17.6. The lowest BCUT2D eigenvalue weighted by Gasteiger charge is -2.31. The first-order chi connectivity index (χ1) is 17.0. The van der Waals surface area contributed by atoms with Gasteiger partial charge >= 0.3 is 0 Å². The van der Waals surface area contributed by atoms with E-state index in [0.717, 1.165) is 6.42 Å². The largest absolute Gasteiger partial charge is 0.493 e. The minimum Gasteiger partial charge on any atom is -0.493 e. The molecule has 3 heterocycles. The van der Waals surface area contributed by atoms with Crippen LogP contribution in [0.4, 0.5) is 0 Å². The van der Waals surface area contributed by atoms with Gasteiger partial charge in [0.2, 0.25) is 10.0 Å². The van der Waals surface area contributed by atoms with Crippen molar-refractivity contribution in [3.8, 4) is 17.1 Å². The van der Waals surface area contributed by atoms with Gasteiger partial charge in [0.25, 0.3) is 5.56 Å². The second-order valence-corrected chi connectivity index (χ2v) is 9.85. The van der Waals surface area contributed by atoms with E-state index in [1.54, 1.807) is 20.0 Å². The van der Waals surface area contributed by atoms with E-state index >= 15 is 0 Å². The van der Waals surface area contributed by atoms with Crippen molar-refractivity contribution in [2.45, 2.75) is 31.6 Å². The van der Waals surface area contributed by atoms with Crippen molar-refractivity contribution >= 4 is 21.1 Å². The molecular weight excluding hydrogens is 445 g/mol.